The maximum atomic E-state index is 5.60. The second-order valence-corrected chi connectivity index (χ2v) is 7.26. The van der Waals surface area contributed by atoms with Crippen LogP contribution in [0.25, 0.3) is 11.0 Å². The summed E-state index contributed by atoms with van der Waals surface area (Å²) in [7, 11) is 1.67. The van der Waals surface area contributed by atoms with Crippen LogP contribution in [0.5, 0.6) is 5.75 Å². The van der Waals surface area contributed by atoms with Crippen LogP contribution in [0.2, 0.25) is 0 Å². The molecule has 0 amide bonds. The highest BCUT2D eigenvalue weighted by atomic mass is 16.5. The van der Waals surface area contributed by atoms with Crippen molar-refractivity contribution >= 4 is 17.0 Å². The SMILES string of the molecule is CCNC(=NCc1ccc(OCCOC)cc1)NCCCn1c(C)nc2ccccc21. The lowest BCUT2D eigenvalue weighted by atomic mass is 10.2. The normalized spacial score (nSPS) is 11.6. The predicted molar refractivity (Wildman–Crippen MR) is 126 cm³/mol. The van der Waals surface area contributed by atoms with Crippen molar-refractivity contribution in [2.45, 2.75) is 33.4 Å². The van der Waals surface area contributed by atoms with Gasteiger partial charge in [-0.3, -0.25) is 0 Å². The van der Waals surface area contributed by atoms with Gasteiger partial charge in [0.2, 0.25) is 0 Å². The van der Waals surface area contributed by atoms with Gasteiger partial charge in [0.05, 0.1) is 24.2 Å². The van der Waals surface area contributed by atoms with E-state index in [1.807, 2.05) is 30.3 Å². The van der Waals surface area contributed by atoms with Crippen LogP contribution < -0.4 is 15.4 Å². The Hall–Kier alpha value is -3.06. The monoisotopic (exact) mass is 423 g/mol. The topological polar surface area (TPSA) is 72.7 Å². The van der Waals surface area contributed by atoms with E-state index in [1.165, 1.54) is 5.52 Å². The van der Waals surface area contributed by atoms with E-state index in [2.05, 4.69) is 52.2 Å². The van der Waals surface area contributed by atoms with Gasteiger partial charge >= 0.3 is 0 Å². The van der Waals surface area contributed by atoms with E-state index in [0.717, 1.165) is 54.7 Å². The van der Waals surface area contributed by atoms with Crippen molar-refractivity contribution in [3.63, 3.8) is 0 Å². The van der Waals surface area contributed by atoms with Gasteiger partial charge in [-0.1, -0.05) is 24.3 Å². The number of methoxy groups -OCH3 is 1. The lowest BCUT2D eigenvalue weighted by Gasteiger charge is -2.12. The second-order valence-electron chi connectivity index (χ2n) is 7.26. The van der Waals surface area contributed by atoms with Crippen LogP contribution in [0.1, 0.15) is 24.7 Å². The molecule has 31 heavy (non-hydrogen) atoms. The zero-order chi connectivity index (χ0) is 21.9. The van der Waals surface area contributed by atoms with Crippen LogP contribution in [0.4, 0.5) is 0 Å². The number of benzene rings is 2. The molecule has 0 unspecified atom stereocenters. The van der Waals surface area contributed by atoms with E-state index in [0.29, 0.717) is 19.8 Å². The zero-order valence-corrected chi connectivity index (χ0v) is 18.7. The van der Waals surface area contributed by atoms with Crippen LogP contribution in [0.15, 0.2) is 53.5 Å². The quantitative estimate of drug-likeness (QED) is 0.280. The van der Waals surface area contributed by atoms with Gasteiger partial charge in [0.1, 0.15) is 18.2 Å². The molecule has 2 aromatic carbocycles. The summed E-state index contributed by atoms with van der Waals surface area (Å²) >= 11 is 0. The molecule has 0 saturated heterocycles. The Labute approximate surface area is 184 Å². The van der Waals surface area contributed by atoms with E-state index in [4.69, 9.17) is 14.5 Å². The highest BCUT2D eigenvalue weighted by Crippen LogP contribution is 2.15. The van der Waals surface area contributed by atoms with E-state index in [1.54, 1.807) is 7.11 Å². The highest BCUT2D eigenvalue weighted by Gasteiger charge is 2.06. The number of hydrogen-bond acceptors (Lipinski definition) is 4. The van der Waals surface area contributed by atoms with Gasteiger partial charge in [-0.05, 0) is 50.1 Å². The number of aliphatic imine (C=N–C) groups is 1. The molecule has 7 heteroatoms. The molecule has 1 aromatic heterocycles. The fourth-order valence-electron chi connectivity index (χ4n) is 3.37. The smallest absolute Gasteiger partial charge is 0.191 e. The van der Waals surface area contributed by atoms with Crippen molar-refractivity contribution in [1.82, 2.24) is 20.2 Å². The van der Waals surface area contributed by atoms with E-state index in [9.17, 15) is 0 Å². The molecule has 3 aromatic rings. The molecule has 0 radical (unpaired) electrons. The van der Waals surface area contributed by atoms with Crippen LogP contribution in [0.3, 0.4) is 0 Å². The molecule has 0 bridgehead atoms. The molecule has 7 nitrogen and oxygen atoms in total. The number of nitrogens with one attached hydrogen (secondary N) is 2. The Bertz CT molecular complexity index is 966. The minimum atomic E-state index is 0.552. The number of nitrogens with zero attached hydrogens (tertiary/aromatic N) is 3. The lowest BCUT2D eigenvalue weighted by Crippen LogP contribution is -2.38. The summed E-state index contributed by atoms with van der Waals surface area (Å²) in [6.45, 7) is 8.46. The minimum absolute atomic E-state index is 0.552. The number of para-hydroxylation sites is 2. The molecule has 0 aliphatic carbocycles. The van der Waals surface area contributed by atoms with Crippen molar-refractivity contribution < 1.29 is 9.47 Å². The summed E-state index contributed by atoms with van der Waals surface area (Å²) in [5.41, 5.74) is 3.38. The number of aryl methyl sites for hydroxylation is 2. The van der Waals surface area contributed by atoms with E-state index in [-0.39, 0.29) is 0 Å². The first-order valence-electron chi connectivity index (χ1n) is 10.9. The third kappa shape index (κ3) is 6.72. The Morgan fingerprint density at radius 3 is 2.65 bits per heavy atom. The van der Waals surface area contributed by atoms with Crippen LogP contribution in [0, 0.1) is 6.92 Å². The lowest BCUT2D eigenvalue weighted by molar-refractivity contribution is 0.146. The predicted octanol–water partition coefficient (Wildman–Crippen LogP) is 3.52. The molecule has 0 saturated carbocycles. The summed E-state index contributed by atoms with van der Waals surface area (Å²) in [5.74, 6) is 2.73. The summed E-state index contributed by atoms with van der Waals surface area (Å²) < 4.78 is 12.9. The fraction of sp³-hybridized carbons (Fsp3) is 0.417. The van der Waals surface area contributed by atoms with E-state index >= 15 is 0 Å². The standard InChI is InChI=1S/C24H33N5O2/c1-4-25-24(27-18-20-10-12-21(13-11-20)31-17-16-30-3)26-14-7-15-29-19(2)28-22-8-5-6-9-23(22)29/h5-6,8-13H,4,7,14-18H2,1-3H3,(H2,25,26,27). The number of fused-ring (bicyclic) bond motifs is 1. The van der Waals surface area contributed by atoms with Gasteiger partial charge in [-0.15, -0.1) is 0 Å². The number of rotatable bonds is 11. The first-order chi connectivity index (χ1) is 15.2. The minimum Gasteiger partial charge on any atom is -0.491 e. The zero-order valence-electron chi connectivity index (χ0n) is 18.7. The Balaban J connectivity index is 1.48. The fourth-order valence-corrected chi connectivity index (χ4v) is 3.37. The van der Waals surface area contributed by atoms with Crippen molar-refractivity contribution in [3.8, 4) is 5.75 Å². The Morgan fingerprint density at radius 2 is 1.87 bits per heavy atom. The van der Waals surface area contributed by atoms with Gasteiger partial charge in [0, 0.05) is 26.7 Å². The molecule has 0 spiro atoms. The van der Waals surface area contributed by atoms with Crippen molar-refractivity contribution in [2.24, 2.45) is 4.99 Å². The Morgan fingerprint density at radius 1 is 1.06 bits per heavy atom. The third-order valence-corrected chi connectivity index (χ3v) is 4.94. The molecular formula is C24H33N5O2. The van der Waals surface area contributed by atoms with Crippen LogP contribution >= 0.6 is 0 Å². The van der Waals surface area contributed by atoms with Gasteiger partial charge in [0.25, 0.3) is 0 Å². The first kappa shape index (κ1) is 22.6. The molecule has 0 fully saturated rings. The highest BCUT2D eigenvalue weighted by molar-refractivity contribution is 5.79. The van der Waals surface area contributed by atoms with Crippen LogP contribution in [-0.2, 0) is 17.8 Å². The molecular weight excluding hydrogens is 390 g/mol. The number of ether oxygens (including phenoxy) is 2. The number of aromatic nitrogens is 2. The van der Waals surface area contributed by atoms with E-state index < -0.39 is 0 Å². The molecule has 0 atom stereocenters. The van der Waals surface area contributed by atoms with Gasteiger partial charge in [0.15, 0.2) is 5.96 Å². The van der Waals surface area contributed by atoms with Crippen molar-refractivity contribution in [3.05, 3.63) is 59.9 Å². The summed E-state index contributed by atoms with van der Waals surface area (Å²) in [4.78, 5) is 9.34. The maximum Gasteiger partial charge on any atom is 0.191 e. The van der Waals surface area contributed by atoms with Gasteiger partial charge < -0.3 is 24.7 Å². The van der Waals surface area contributed by atoms with Crippen LogP contribution in [-0.4, -0.2) is 48.9 Å². The average Bonchev–Trinajstić information content (AvgIpc) is 3.11. The van der Waals surface area contributed by atoms with Gasteiger partial charge in [-0.2, -0.15) is 0 Å². The Kier molecular flexibility index (Phi) is 8.72. The first-order valence-corrected chi connectivity index (χ1v) is 10.9. The number of imidazole rings is 1. The van der Waals surface area contributed by atoms with Gasteiger partial charge in [-0.25, -0.2) is 9.98 Å². The molecule has 166 valence electrons. The number of guanidine groups is 1. The van der Waals surface area contributed by atoms with Crippen molar-refractivity contribution in [1.29, 1.82) is 0 Å². The molecule has 2 N–H and O–H groups in total. The van der Waals surface area contributed by atoms with Crippen molar-refractivity contribution in [2.75, 3.05) is 33.4 Å². The summed E-state index contributed by atoms with van der Waals surface area (Å²) in [5, 5.41) is 6.75. The summed E-state index contributed by atoms with van der Waals surface area (Å²) in [6.07, 6.45) is 0.985. The summed E-state index contributed by atoms with van der Waals surface area (Å²) in [6, 6.07) is 16.3. The molecule has 3 rings (SSSR count). The molecule has 0 aliphatic rings. The third-order valence-electron chi connectivity index (χ3n) is 4.94. The number of hydrogen-bond donors (Lipinski definition) is 2. The average molecular weight is 424 g/mol. The maximum absolute atomic E-state index is 5.60. The molecule has 0 aliphatic heterocycles. The second kappa shape index (κ2) is 12.0. The molecule has 1 heterocycles. The largest absolute Gasteiger partial charge is 0.491 e.